The maximum absolute atomic E-state index is 13.4. The molecule has 0 saturated carbocycles. The SMILES string of the molecule is Cc1cc(Br)ccc1NC(=O)Cc1ccccc1F. The zero-order valence-corrected chi connectivity index (χ0v) is 12.0. The van der Waals surface area contributed by atoms with Gasteiger partial charge < -0.3 is 5.32 Å². The lowest BCUT2D eigenvalue weighted by atomic mass is 10.1. The molecule has 2 rings (SSSR count). The van der Waals surface area contributed by atoms with Crippen LogP contribution in [-0.2, 0) is 11.2 Å². The maximum atomic E-state index is 13.4. The third-order valence-corrected chi connectivity index (χ3v) is 3.26. The van der Waals surface area contributed by atoms with Gasteiger partial charge >= 0.3 is 0 Å². The van der Waals surface area contributed by atoms with E-state index in [2.05, 4.69) is 21.2 Å². The first-order valence-corrected chi connectivity index (χ1v) is 6.65. The summed E-state index contributed by atoms with van der Waals surface area (Å²) >= 11 is 3.36. The van der Waals surface area contributed by atoms with E-state index in [1.165, 1.54) is 6.07 Å². The number of anilines is 1. The zero-order chi connectivity index (χ0) is 13.8. The number of benzene rings is 2. The zero-order valence-electron chi connectivity index (χ0n) is 10.4. The van der Waals surface area contributed by atoms with Crippen molar-refractivity contribution < 1.29 is 9.18 Å². The average Bonchev–Trinajstić information content (AvgIpc) is 2.36. The van der Waals surface area contributed by atoms with Gasteiger partial charge in [-0.3, -0.25) is 4.79 Å². The molecule has 1 amide bonds. The molecule has 0 aromatic heterocycles. The van der Waals surface area contributed by atoms with E-state index >= 15 is 0 Å². The molecule has 2 aromatic rings. The monoisotopic (exact) mass is 321 g/mol. The molecule has 19 heavy (non-hydrogen) atoms. The molecule has 2 aromatic carbocycles. The number of carbonyl (C=O) groups excluding carboxylic acids is 1. The summed E-state index contributed by atoms with van der Waals surface area (Å²) in [5.74, 6) is -0.583. The molecule has 0 spiro atoms. The van der Waals surface area contributed by atoms with Crippen LogP contribution in [-0.4, -0.2) is 5.91 Å². The fourth-order valence-electron chi connectivity index (χ4n) is 1.78. The lowest BCUT2D eigenvalue weighted by Crippen LogP contribution is -2.15. The highest BCUT2D eigenvalue weighted by atomic mass is 79.9. The van der Waals surface area contributed by atoms with Crippen molar-refractivity contribution in [3.8, 4) is 0 Å². The Labute approximate surface area is 119 Å². The van der Waals surface area contributed by atoms with Crippen molar-refractivity contribution in [2.45, 2.75) is 13.3 Å². The van der Waals surface area contributed by atoms with E-state index in [9.17, 15) is 9.18 Å². The summed E-state index contributed by atoms with van der Waals surface area (Å²) < 4.78 is 14.4. The van der Waals surface area contributed by atoms with Crippen molar-refractivity contribution in [1.82, 2.24) is 0 Å². The van der Waals surface area contributed by atoms with Gasteiger partial charge in [0.25, 0.3) is 0 Å². The summed E-state index contributed by atoms with van der Waals surface area (Å²) in [7, 11) is 0. The number of hydrogen-bond donors (Lipinski definition) is 1. The molecule has 4 heteroatoms. The Morgan fingerprint density at radius 1 is 1.26 bits per heavy atom. The molecular weight excluding hydrogens is 309 g/mol. The first-order valence-electron chi connectivity index (χ1n) is 5.85. The normalized spacial score (nSPS) is 10.3. The third-order valence-electron chi connectivity index (χ3n) is 2.77. The second-order valence-corrected chi connectivity index (χ2v) is 5.19. The van der Waals surface area contributed by atoms with E-state index < -0.39 is 0 Å². The highest BCUT2D eigenvalue weighted by Crippen LogP contribution is 2.20. The largest absolute Gasteiger partial charge is 0.326 e. The highest BCUT2D eigenvalue weighted by molar-refractivity contribution is 9.10. The van der Waals surface area contributed by atoms with Gasteiger partial charge in [-0.05, 0) is 42.3 Å². The average molecular weight is 322 g/mol. The van der Waals surface area contributed by atoms with Crippen LogP contribution in [0.3, 0.4) is 0 Å². The first-order chi connectivity index (χ1) is 9.06. The Kier molecular flexibility index (Phi) is 4.32. The van der Waals surface area contributed by atoms with Crippen LogP contribution in [0.25, 0.3) is 0 Å². The number of nitrogens with one attached hydrogen (secondary N) is 1. The van der Waals surface area contributed by atoms with Crippen LogP contribution >= 0.6 is 15.9 Å². The smallest absolute Gasteiger partial charge is 0.228 e. The summed E-state index contributed by atoms with van der Waals surface area (Å²) in [6.07, 6.45) is 0.0299. The summed E-state index contributed by atoms with van der Waals surface area (Å²) in [5.41, 5.74) is 2.09. The van der Waals surface area contributed by atoms with Gasteiger partial charge in [-0.1, -0.05) is 34.1 Å². The van der Waals surface area contributed by atoms with Gasteiger partial charge in [-0.25, -0.2) is 4.39 Å². The van der Waals surface area contributed by atoms with Crippen molar-refractivity contribution in [3.63, 3.8) is 0 Å². The Hall–Kier alpha value is -1.68. The minimum absolute atomic E-state index is 0.0299. The van der Waals surface area contributed by atoms with Crippen molar-refractivity contribution in [1.29, 1.82) is 0 Å². The van der Waals surface area contributed by atoms with Gasteiger partial charge in [0.15, 0.2) is 0 Å². The van der Waals surface area contributed by atoms with Crippen LogP contribution in [0, 0.1) is 12.7 Å². The van der Waals surface area contributed by atoms with Gasteiger partial charge in [0.1, 0.15) is 5.82 Å². The van der Waals surface area contributed by atoms with E-state index in [0.29, 0.717) is 5.56 Å². The predicted octanol–water partition coefficient (Wildman–Crippen LogP) is 4.08. The third kappa shape index (κ3) is 3.64. The fraction of sp³-hybridized carbons (Fsp3) is 0.133. The Balaban J connectivity index is 2.08. The van der Waals surface area contributed by atoms with Crippen LogP contribution < -0.4 is 5.32 Å². The summed E-state index contributed by atoms with van der Waals surface area (Å²) in [4.78, 5) is 11.9. The quantitative estimate of drug-likeness (QED) is 0.906. The highest BCUT2D eigenvalue weighted by Gasteiger charge is 2.09. The molecule has 98 valence electrons. The molecule has 0 aliphatic carbocycles. The van der Waals surface area contributed by atoms with Crippen LogP contribution in [0.5, 0.6) is 0 Å². The number of rotatable bonds is 3. The van der Waals surface area contributed by atoms with Crippen LogP contribution in [0.4, 0.5) is 10.1 Å². The molecule has 0 radical (unpaired) electrons. The van der Waals surface area contributed by atoms with Gasteiger partial charge in [0, 0.05) is 10.2 Å². The number of carbonyl (C=O) groups is 1. The molecule has 0 unspecified atom stereocenters. The Bertz CT molecular complexity index is 613. The number of halogens is 2. The predicted molar refractivity (Wildman–Crippen MR) is 77.6 cm³/mol. The Morgan fingerprint density at radius 3 is 2.68 bits per heavy atom. The second-order valence-electron chi connectivity index (χ2n) is 4.28. The van der Waals surface area contributed by atoms with Crippen molar-refractivity contribution >= 4 is 27.5 Å². The minimum atomic E-state index is -0.356. The van der Waals surface area contributed by atoms with Crippen LogP contribution in [0.15, 0.2) is 46.9 Å². The number of amides is 1. The second kappa shape index (κ2) is 5.97. The molecule has 2 nitrogen and oxygen atoms in total. The van der Waals surface area contributed by atoms with E-state index in [4.69, 9.17) is 0 Å². The molecule has 0 aliphatic heterocycles. The summed E-state index contributed by atoms with van der Waals surface area (Å²) in [6.45, 7) is 1.91. The molecular formula is C15H13BrFNO. The lowest BCUT2D eigenvalue weighted by Gasteiger charge is -2.09. The molecule has 0 atom stereocenters. The summed E-state index contributed by atoms with van der Waals surface area (Å²) in [6, 6.07) is 11.9. The van der Waals surface area contributed by atoms with Gasteiger partial charge in [0.2, 0.25) is 5.91 Å². The molecule has 1 N–H and O–H groups in total. The Morgan fingerprint density at radius 2 is 2.00 bits per heavy atom. The molecule has 0 aliphatic rings. The molecule has 0 saturated heterocycles. The van der Waals surface area contributed by atoms with Crippen LogP contribution in [0.2, 0.25) is 0 Å². The molecule has 0 fully saturated rings. The maximum Gasteiger partial charge on any atom is 0.228 e. The van der Waals surface area contributed by atoms with Crippen molar-refractivity contribution in [2.24, 2.45) is 0 Å². The standard InChI is InChI=1S/C15H13BrFNO/c1-10-8-12(16)6-7-14(10)18-15(19)9-11-4-2-3-5-13(11)17/h2-8H,9H2,1H3,(H,18,19). The summed E-state index contributed by atoms with van der Waals surface area (Å²) in [5, 5.41) is 2.79. The molecule has 0 heterocycles. The molecule has 0 bridgehead atoms. The van der Waals surface area contributed by atoms with Gasteiger partial charge in [0.05, 0.1) is 6.42 Å². The van der Waals surface area contributed by atoms with Gasteiger partial charge in [-0.2, -0.15) is 0 Å². The number of aryl methyl sites for hydroxylation is 1. The minimum Gasteiger partial charge on any atom is -0.326 e. The topological polar surface area (TPSA) is 29.1 Å². The number of hydrogen-bond acceptors (Lipinski definition) is 1. The fourth-order valence-corrected chi connectivity index (χ4v) is 2.25. The first kappa shape index (κ1) is 13.7. The van der Waals surface area contributed by atoms with Gasteiger partial charge in [-0.15, -0.1) is 0 Å². The van der Waals surface area contributed by atoms with E-state index in [1.807, 2.05) is 25.1 Å². The van der Waals surface area contributed by atoms with E-state index in [0.717, 1.165) is 15.7 Å². The van der Waals surface area contributed by atoms with E-state index in [-0.39, 0.29) is 18.1 Å². The lowest BCUT2D eigenvalue weighted by molar-refractivity contribution is -0.115. The van der Waals surface area contributed by atoms with Crippen molar-refractivity contribution in [2.75, 3.05) is 5.32 Å². The van der Waals surface area contributed by atoms with Crippen molar-refractivity contribution in [3.05, 3.63) is 63.9 Å². The van der Waals surface area contributed by atoms with E-state index in [1.54, 1.807) is 18.2 Å². The van der Waals surface area contributed by atoms with Crippen LogP contribution in [0.1, 0.15) is 11.1 Å².